The number of rotatable bonds is 11. The van der Waals surface area contributed by atoms with Crippen LogP contribution in [0.5, 0.6) is 0 Å². The summed E-state index contributed by atoms with van der Waals surface area (Å²) in [5.74, 6) is 0. The number of aliphatic hydroxyl groups is 1. The standard InChI is InChI=1S/C9H20O5.Ca.2H/c1-11-4-5-13-8-9-14-7-6-12-3-2-10;;;/h10H,2-9H2,1H3;;;/q;+2;2*-1. The van der Waals surface area contributed by atoms with Crippen molar-refractivity contribution in [2.24, 2.45) is 0 Å². The van der Waals surface area contributed by atoms with E-state index in [9.17, 15) is 0 Å². The van der Waals surface area contributed by atoms with Crippen molar-refractivity contribution in [1.29, 1.82) is 0 Å². The van der Waals surface area contributed by atoms with Gasteiger partial charge in [0.2, 0.25) is 0 Å². The van der Waals surface area contributed by atoms with E-state index in [1.807, 2.05) is 0 Å². The first-order valence-corrected chi connectivity index (χ1v) is 4.75. The quantitative estimate of drug-likeness (QED) is 0.396. The van der Waals surface area contributed by atoms with Crippen LogP contribution in [0.3, 0.4) is 0 Å². The molecule has 0 aliphatic carbocycles. The average molecular weight is 250 g/mol. The predicted molar refractivity (Wildman–Crippen MR) is 59.4 cm³/mol. The smallest absolute Gasteiger partial charge is 1.00 e. The Morgan fingerprint density at radius 3 is 1.60 bits per heavy atom. The van der Waals surface area contributed by atoms with Crippen molar-refractivity contribution in [3.05, 3.63) is 0 Å². The molecule has 0 atom stereocenters. The normalized spacial score (nSPS) is 10.0. The molecule has 0 unspecified atom stereocenters. The molecule has 0 aliphatic rings. The Morgan fingerprint density at radius 2 is 1.20 bits per heavy atom. The molecule has 0 aromatic heterocycles. The molecule has 1 N–H and O–H groups in total. The topological polar surface area (TPSA) is 57.2 Å². The summed E-state index contributed by atoms with van der Waals surface area (Å²) in [5.41, 5.74) is 0. The first kappa shape index (κ1) is 18.4. The van der Waals surface area contributed by atoms with Crippen LogP contribution in [0.1, 0.15) is 2.85 Å². The molecule has 90 valence electrons. The minimum atomic E-state index is 0. The fraction of sp³-hybridized carbons (Fsp3) is 1.00. The zero-order valence-electron chi connectivity index (χ0n) is 11.4. The third-order valence-electron chi connectivity index (χ3n) is 1.41. The Balaban J connectivity index is -0.000000282. The van der Waals surface area contributed by atoms with Crippen LogP contribution >= 0.6 is 0 Å². The van der Waals surface area contributed by atoms with Crippen LogP contribution in [0.15, 0.2) is 0 Å². The molecule has 0 radical (unpaired) electrons. The van der Waals surface area contributed by atoms with Crippen molar-refractivity contribution in [3.63, 3.8) is 0 Å². The van der Waals surface area contributed by atoms with Gasteiger partial charge in [0.05, 0.1) is 52.9 Å². The van der Waals surface area contributed by atoms with Gasteiger partial charge in [0.25, 0.3) is 0 Å². The van der Waals surface area contributed by atoms with E-state index in [2.05, 4.69) is 0 Å². The maximum Gasteiger partial charge on any atom is 2.00 e. The predicted octanol–water partition coefficient (Wildman–Crippen LogP) is -0.481. The molecule has 0 saturated heterocycles. The number of hydrogen-bond donors (Lipinski definition) is 1. The maximum atomic E-state index is 8.39. The number of hydrogen-bond acceptors (Lipinski definition) is 5. The van der Waals surface area contributed by atoms with Crippen LogP contribution in [0.25, 0.3) is 0 Å². The van der Waals surface area contributed by atoms with Gasteiger partial charge < -0.3 is 26.9 Å². The fourth-order valence-electron chi connectivity index (χ4n) is 0.749. The van der Waals surface area contributed by atoms with Gasteiger partial charge in [-0.3, -0.25) is 0 Å². The molecular formula is C9H22CaO5. The average Bonchev–Trinajstić information content (AvgIpc) is 2.21. The molecule has 5 nitrogen and oxygen atoms in total. The van der Waals surface area contributed by atoms with Crippen LogP contribution < -0.4 is 0 Å². The van der Waals surface area contributed by atoms with Crippen LogP contribution in [-0.2, 0) is 18.9 Å². The van der Waals surface area contributed by atoms with Crippen molar-refractivity contribution < 1.29 is 26.9 Å². The molecule has 0 amide bonds. The summed E-state index contributed by atoms with van der Waals surface area (Å²) in [6.45, 7) is 3.82. The van der Waals surface area contributed by atoms with Gasteiger partial charge in [0, 0.05) is 7.11 Å². The van der Waals surface area contributed by atoms with Gasteiger partial charge in [-0.25, -0.2) is 0 Å². The van der Waals surface area contributed by atoms with Crippen LogP contribution in [-0.4, -0.2) is 103 Å². The minimum absolute atomic E-state index is 0. The van der Waals surface area contributed by atoms with E-state index in [-0.39, 0.29) is 47.2 Å². The van der Waals surface area contributed by atoms with Crippen LogP contribution in [0, 0.1) is 0 Å². The van der Waals surface area contributed by atoms with E-state index < -0.39 is 0 Å². The zero-order valence-corrected chi connectivity index (χ0v) is 11.7. The zero-order chi connectivity index (χ0) is 10.5. The van der Waals surface area contributed by atoms with Crippen molar-refractivity contribution >= 4 is 37.7 Å². The fourth-order valence-corrected chi connectivity index (χ4v) is 0.749. The van der Waals surface area contributed by atoms with Gasteiger partial charge in [0.1, 0.15) is 0 Å². The molecule has 0 saturated carbocycles. The summed E-state index contributed by atoms with van der Waals surface area (Å²) in [4.78, 5) is 0. The van der Waals surface area contributed by atoms with Gasteiger partial charge in [-0.2, -0.15) is 0 Å². The summed E-state index contributed by atoms with van der Waals surface area (Å²) >= 11 is 0. The Kier molecular flexibility index (Phi) is 21.4. The first-order valence-electron chi connectivity index (χ1n) is 4.75. The van der Waals surface area contributed by atoms with Crippen LogP contribution in [0.4, 0.5) is 0 Å². The molecule has 0 heterocycles. The molecule has 6 heteroatoms. The number of methoxy groups -OCH3 is 1. The number of ether oxygens (including phenoxy) is 4. The second-order valence-corrected chi connectivity index (χ2v) is 2.55. The van der Waals surface area contributed by atoms with Gasteiger partial charge >= 0.3 is 37.7 Å². The molecule has 0 fully saturated rings. The monoisotopic (exact) mass is 250 g/mol. The molecule has 15 heavy (non-hydrogen) atoms. The van der Waals surface area contributed by atoms with Crippen molar-refractivity contribution in [2.75, 3.05) is 60.0 Å². The first-order chi connectivity index (χ1) is 6.91. The van der Waals surface area contributed by atoms with E-state index in [4.69, 9.17) is 24.1 Å². The summed E-state index contributed by atoms with van der Waals surface area (Å²) in [6.07, 6.45) is 0. The van der Waals surface area contributed by atoms with Gasteiger partial charge in [-0.15, -0.1) is 0 Å². The van der Waals surface area contributed by atoms with Crippen molar-refractivity contribution in [2.45, 2.75) is 0 Å². The summed E-state index contributed by atoms with van der Waals surface area (Å²) < 4.78 is 20.2. The van der Waals surface area contributed by atoms with E-state index in [1.165, 1.54) is 0 Å². The molecular weight excluding hydrogens is 228 g/mol. The van der Waals surface area contributed by atoms with E-state index in [1.54, 1.807) is 7.11 Å². The molecule has 0 spiro atoms. The third kappa shape index (κ3) is 17.7. The Bertz CT molecular complexity index is 101. The molecule has 0 aromatic rings. The largest absolute Gasteiger partial charge is 2.00 e. The summed E-state index contributed by atoms with van der Waals surface area (Å²) in [5, 5.41) is 8.39. The second kappa shape index (κ2) is 17.5. The minimum Gasteiger partial charge on any atom is -1.00 e. The third-order valence-corrected chi connectivity index (χ3v) is 1.41. The van der Waals surface area contributed by atoms with E-state index in [0.717, 1.165) is 0 Å². The summed E-state index contributed by atoms with van der Waals surface area (Å²) in [7, 11) is 1.64. The molecule has 0 rings (SSSR count). The van der Waals surface area contributed by atoms with E-state index in [0.29, 0.717) is 46.2 Å². The second-order valence-electron chi connectivity index (χ2n) is 2.55. The van der Waals surface area contributed by atoms with Crippen molar-refractivity contribution in [3.8, 4) is 0 Å². The molecule has 0 bridgehead atoms. The maximum absolute atomic E-state index is 8.39. The SMILES string of the molecule is COCCOCCOCCOCCO.[Ca+2].[H-].[H-]. The van der Waals surface area contributed by atoms with Crippen molar-refractivity contribution in [1.82, 2.24) is 0 Å². The van der Waals surface area contributed by atoms with Gasteiger partial charge in [-0.05, 0) is 0 Å². The Hall–Kier alpha value is 1.06. The molecule has 0 aromatic carbocycles. The van der Waals surface area contributed by atoms with Crippen LogP contribution in [0.2, 0.25) is 0 Å². The Morgan fingerprint density at radius 1 is 0.800 bits per heavy atom. The summed E-state index contributed by atoms with van der Waals surface area (Å²) in [6, 6.07) is 0. The van der Waals surface area contributed by atoms with E-state index >= 15 is 0 Å². The van der Waals surface area contributed by atoms with Gasteiger partial charge in [0.15, 0.2) is 0 Å². The Labute approximate surface area is 124 Å². The molecule has 0 aliphatic heterocycles. The number of aliphatic hydroxyl groups excluding tert-OH is 1. The van der Waals surface area contributed by atoms with Gasteiger partial charge in [-0.1, -0.05) is 0 Å².